The number of pyridine rings is 1. The van der Waals surface area contributed by atoms with Crippen LogP contribution in [-0.2, 0) is 6.42 Å². The number of alkyl halides is 3. The summed E-state index contributed by atoms with van der Waals surface area (Å²) >= 11 is 0. The van der Waals surface area contributed by atoms with Gasteiger partial charge in [-0.05, 0) is 50.4 Å². The molecule has 1 saturated heterocycles. The van der Waals surface area contributed by atoms with E-state index in [-0.39, 0.29) is 24.0 Å². The molecule has 9 heteroatoms. The lowest BCUT2D eigenvalue weighted by molar-refractivity contribution is -0.148. The van der Waals surface area contributed by atoms with Crippen molar-refractivity contribution >= 4 is 29.9 Å². The van der Waals surface area contributed by atoms with Gasteiger partial charge in [-0.1, -0.05) is 6.07 Å². The number of hydrogen-bond acceptors (Lipinski definition) is 3. The number of aromatic nitrogens is 1. The van der Waals surface area contributed by atoms with E-state index in [1.165, 1.54) is 4.90 Å². The Labute approximate surface area is 176 Å². The Morgan fingerprint density at radius 3 is 2.52 bits per heavy atom. The van der Waals surface area contributed by atoms with E-state index in [1.54, 1.807) is 13.2 Å². The molecule has 0 amide bonds. The van der Waals surface area contributed by atoms with E-state index in [1.807, 2.05) is 18.2 Å². The van der Waals surface area contributed by atoms with Crippen molar-refractivity contribution < 1.29 is 13.2 Å². The number of rotatable bonds is 7. The van der Waals surface area contributed by atoms with Gasteiger partial charge in [0.05, 0.1) is 6.54 Å². The van der Waals surface area contributed by atoms with Gasteiger partial charge in [0.25, 0.3) is 0 Å². The molecule has 0 spiro atoms. The molecular weight excluding hydrogens is 470 g/mol. The predicted octanol–water partition coefficient (Wildman–Crippen LogP) is 3.07. The minimum absolute atomic E-state index is 0. The summed E-state index contributed by atoms with van der Waals surface area (Å²) in [5.74, 6) is 1.22. The Hall–Kier alpha value is -1.10. The van der Waals surface area contributed by atoms with Crippen molar-refractivity contribution in [3.8, 4) is 0 Å². The van der Waals surface area contributed by atoms with Crippen LogP contribution in [0.15, 0.2) is 29.4 Å². The summed E-state index contributed by atoms with van der Waals surface area (Å²) in [5.41, 5.74) is 1.03. The third-order valence-corrected chi connectivity index (χ3v) is 4.58. The topological polar surface area (TPSA) is 52.6 Å². The number of halogens is 4. The molecule has 1 aliphatic rings. The fraction of sp³-hybridized carbons (Fsp3) is 0.667. The Morgan fingerprint density at radius 2 is 1.93 bits per heavy atom. The fourth-order valence-electron chi connectivity index (χ4n) is 3.16. The average Bonchev–Trinajstić information content (AvgIpc) is 2.61. The summed E-state index contributed by atoms with van der Waals surface area (Å²) in [5, 5.41) is 6.53. The van der Waals surface area contributed by atoms with Crippen LogP contribution in [0.2, 0.25) is 0 Å². The van der Waals surface area contributed by atoms with E-state index in [9.17, 15) is 13.2 Å². The summed E-state index contributed by atoms with van der Waals surface area (Å²) in [4.78, 5) is 9.98. The minimum atomic E-state index is -4.10. The molecule has 0 aromatic carbocycles. The molecule has 1 aromatic rings. The number of guanidine groups is 1. The van der Waals surface area contributed by atoms with E-state index in [0.29, 0.717) is 19.0 Å². The van der Waals surface area contributed by atoms with Gasteiger partial charge in [-0.25, -0.2) is 0 Å². The Morgan fingerprint density at radius 1 is 1.22 bits per heavy atom. The number of nitrogens with one attached hydrogen (secondary N) is 2. The fourth-order valence-corrected chi connectivity index (χ4v) is 3.16. The van der Waals surface area contributed by atoms with Gasteiger partial charge in [-0.2, -0.15) is 13.2 Å². The normalized spacial score (nSPS) is 16.7. The van der Waals surface area contributed by atoms with Gasteiger partial charge >= 0.3 is 6.18 Å². The van der Waals surface area contributed by atoms with Crippen molar-refractivity contribution in [1.82, 2.24) is 20.5 Å². The second kappa shape index (κ2) is 12.4. The molecule has 1 aromatic heterocycles. The summed E-state index contributed by atoms with van der Waals surface area (Å²) in [6.07, 6.45) is 1.09. The zero-order chi connectivity index (χ0) is 18.8. The first-order chi connectivity index (χ1) is 12.5. The Bertz CT molecular complexity index is 546. The molecule has 0 aliphatic carbocycles. The molecule has 27 heavy (non-hydrogen) atoms. The maximum absolute atomic E-state index is 12.4. The van der Waals surface area contributed by atoms with Crippen molar-refractivity contribution in [3.05, 3.63) is 30.1 Å². The molecular formula is C18H29F3IN5. The van der Waals surface area contributed by atoms with Gasteiger partial charge in [0.1, 0.15) is 0 Å². The zero-order valence-corrected chi connectivity index (χ0v) is 18.0. The van der Waals surface area contributed by atoms with Crippen LogP contribution >= 0.6 is 24.0 Å². The highest BCUT2D eigenvalue weighted by Crippen LogP contribution is 2.23. The first kappa shape index (κ1) is 23.9. The van der Waals surface area contributed by atoms with Crippen LogP contribution in [0.1, 0.15) is 25.0 Å². The van der Waals surface area contributed by atoms with Gasteiger partial charge in [-0.3, -0.25) is 14.9 Å². The number of hydrogen-bond donors (Lipinski definition) is 2. The monoisotopic (exact) mass is 499 g/mol. The SMILES string of the molecule is CN=C(NCCc1ccccn1)NCCC1CCN(CC(F)(F)F)CC1.I. The van der Waals surface area contributed by atoms with Gasteiger partial charge in [-0.15, -0.1) is 24.0 Å². The third kappa shape index (κ3) is 10.1. The maximum Gasteiger partial charge on any atom is 0.401 e. The molecule has 0 radical (unpaired) electrons. The van der Waals surface area contributed by atoms with Crippen molar-refractivity contribution in [2.75, 3.05) is 39.8 Å². The second-order valence-electron chi connectivity index (χ2n) is 6.62. The maximum atomic E-state index is 12.4. The summed E-state index contributed by atoms with van der Waals surface area (Å²) in [6.45, 7) is 1.78. The van der Waals surface area contributed by atoms with Crippen molar-refractivity contribution in [2.45, 2.75) is 31.9 Å². The number of piperidine rings is 1. The molecule has 0 saturated carbocycles. The van der Waals surface area contributed by atoms with E-state index in [0.717, 1.165) is 50.4 Å². The highest BCUT2D eigenvalue weighted by atomic mass is 127. The van der Waals surface area contributed by atoms with E-state index in [4.69, 9.17) is 0 Å². The molecule has 0 bridgehead atoms. The standard InChI is InChI=1S/C18H28F3N5.HI/c1-22-17(25-11-6-16-4-2-3-9-23-16)24-10-5-15-7-12-26(13-8-15)14-18(19,20)21;/h2-4,9,15H,5-8,10-14H2,1H3,(H2,22,24,25);1H. The Balaban J connectivity index is 0.00000364. The molecule has 2 heterocycles. The van der Waals surface area contributed by atoms with Crippen LogP contribution in [0, 0.1) is 5.92 Å². The van der Waals surface area contributed by atoms with Crippen LogP contribution in [0.4, 0.5) is 13.2 Å². The van der Waals surface area contributed by atoms with E-state index in [2.05, 4.69) is 20.6 Å². The molecule has 0 unspecified atom stereocenters. The van der Waals surface area contributed by atoms with Crippen LogP contribution in [-0.4, -0.2) is 61.8 Å². The summed E-state index contributed by atoms with van der Waals surface area (Å²) < 4.78 is 37.2. The summed E-state index contributed by atoms with van der Waals surface area (Å²) in [7, 11) is 1.73. The molecule has 2 N–H and O–H groups in total. The quantitative estimate of drug-likeness (QED) is 0.344. The smallest absolute Gasteiger partial charge is 0.356 e. The van der Waals surface area contributed by atoms with Gasteiger partial charge in [0.2, 0.25) is 0 Å². The van der Waals surface area contributed by atoms with E-state index >= 15 is 0 Å². The molecule has 0 atom stereocenters. The number of nitrogens with zero attached hydrogens (tertiary/aromatic N) is 3. The lowest BCUT2D eigenvalue weighted by Crippen LogP contribution is -2.42. The van der Waals surface area contributed by atoms with E-state index < -0.39 is 12.7 Å². The molecule has 1 fully saturated rings. The molecule has 5 nitrogen and oxygen atoms in total. The van der Waals surface area contributed by atoms with Crippen molar-refractivity contribution in [3.63, 3.8) is 0 Å². The van der Waals surface area contributed by atoms with Crippen molar-refractivity contribution in [2.24, 2.45) is 10.9 Å². The first-order valence-corrected chi connectivity index (χ1v) is 9.10. The van der Waals surface area contributed by atoms with Gasteiger partial charge in [0, 0.05) is 38.4 Å². The highest BCUT2D eigenvalue weighted by Gasteiger charge is 2.32. The predicted molar refractivity (Wildman–Crippen MR) is 113 cm³/mol. The van der Waals surface area contributed by atoms with Crippen LogP contribution in [0.25, 0.3) is 0 Å². The minimum Gasteiger partial charge on any atom is -0.356 e. The highest BCUT2D eigenvalue weighted by molar-refractivity contribution is 14.0. The molecule has 1 aliphatic heterocycles. The second-order valence-corrected chi connectivity index (χ2v) is 6.62. The van der Waals surface area contributed by atoms with Crippen molar-refractivity contribution in [1.29, 1.82) is 0 Å². The summed E-state index contributed by atoms with van der Waals surface area (Å²) in [6, 6.07) is 5.85. The largest absolute Gasteiger partial charge is 0.401 e. The van der Waals surface area contributed by atoms with Crippen LogP contribution < -0.4 is 10.6 Å². The lowest BCUT2D eigenvalue weighted by Gasteiger charge is -2.32. The van der Waals surface area contributed by atoms with Gasteiger partial charge < -0.3 is 10.6 Å². The molecule has 154 valence electrons. The lowest BCUT2D eigenvalue weighted by atomic mass is 9.93. The van der Waals surface area contributed by atoms with Crippen LogP contribution in [0.3, 0.4) is 0 Å². The number of likely N-dealkylation sites (tertiary alicyclic amines) is 1. The van der Waals surface area contributed by atoms with Crippen LogP contribution in [0.5, 0.6) is 0 Å². The Kier molecular flexibility index (Phi) is 11.0. The first-order valence-electron chi connectivity index (χ1n) is 9.10. The van der Waals surface area contributed by atoms with Gasteiger partial charge in [0.15, 0.2) is 5.96 Å². The number of aliphatic imine (C=N–C) groups is 1. The zero-order valence-electron chi connectivity index (χ0n) is 15.6. The average molecular weight is 499 g/mol. The molecule has 2 rings (SSSR count). The third-order valence-electron chi connectivity index (χ3n) is 4.58.